The quantitative estimate of drug-likeness (QED) is 0.586. The molecule has 0 saturated heterocycles. The summed E-state index contributed by atoms with van der Waals surface area (Å²) in [6.07, 6.45) is 5.38. The van der Waals surface area contributed by atoms with E-state index in [1.54, 1.807) is 6.08 Å². The van der Waals surface area contributed by atoms with E-state index >= 15 is 0 Å². The predicted octanol–water partition coefficient (Wildman–Crippen LogP) is 1.29. The molecule has 30 heavy (non-hydrogen) atoms. The van der Waals surface area contributed by atoms with Crippen molar-refractivity contribution in [3.05, 3.63) is 11.6 Å². The molecule has 4 rings (SSSR count). The topological polar surface area (TPSA) is 127 Å². The van der Waals surface area contributed by atoms with Gasteiger partial charge in [0.05, 0.1) is 12.6 Å². The fourth-order valence-corrected chi connectivity index (χ4v) is 7.47. The molecule has 0 aliphatic heterocycles. The minimum atomic E-state index is -1.63. The van der Waals surface area contributed by atoms with Crippen LogP contribution in [0.4, 0.5) is 0 Å². The van der Waals surface area contributed by atoms with Crippen LogP contribution in [-0.2, 0) is 19.1 Å². The van der Waals surface area contributed by atoms with Crippen LogP contribution >= 0.6 is 0 Å². The van der Waals surface area contributed by atoms with Crippen LogP contribution in [0.2, 0.25) is 0 Å². The van der Waals surface area contributed by atoms with Gasteiger partial charge in [-0.15, -0.1) is 0 Å². The number of rotatable bonds is 4. The number of aliphatic hydroxyl groups excluding tert-OH is 1. The van der Waals surface area contributed by atoms with E-state index < -0.39 is 35.5 Å². The molecule has 0 bridgehead atoms. The second-order valence-electron chi connectivity index (χ2n) is 10.3. The first-order chi connectivity index (χ1) is 14.1. The van der Waals surface area contributed by atoms with Crippen LogP contribution in [0.15, 0.2) is 11.6 Å². The van der Waals surface area contributed by atoms with Crippen molar-refractivity contribution in [2.24, 2.45) is 34.3 Å². The van der Waals surface area contributed by atoms with Crippen LogP contribution in [0.1, 0.15) is 58.8 Å². The van der Waals surface area contributed by atoms with Gasteiger partial charge in [-0.3, -0.25) is 14.4 Å². The van der Waals surface area contributed by atoms with Crippen LogP contribution in [0.5, 0.6) is 0 Å². The molecule has 0 aromatic carbocycles. The van der Waals surface area contributed by atoms with Gasteiger partial charge in [-0.2, -0.15) is 0 Å². The average Bonchev–Trinajstić information content (AvgIpc) is 2.97. The van der Waals surface area contributed by atoms with Crippen LogP contribution in [0.25, 0.3) is 0 Å². The van der Waals surface area contributed by atoms with Gasteiger partial charge in [-0.25, -0.2) is 0 Å². The lowest BCUT2D eigenvalue weighted by atomic mass is 9.45. The monoisotopic (exact) mass is 419 g/mol. The number of hydrogen-bond donors (Lipinski definition) is 3. The number of ether oxygens (including phenoxy) is 1. The van der Waals surface area contributed by atoms with Crippen molar-refractivity contribution < 1.29 is 29.3 Å². The van der Waals surface area contributed by atoms with Crippen LogP contribution in [0.3, 0.4) is 0 Å². The van der Waals surface area contributed by atoms with E-state index in [1.807, 2.05) is 6.92 Å². The number of aliphatic hydroxyl groups is 2. The molecule has 0 unspecified atom stereocenters. The minimum absolute atomic E-state index is 0.0243. The van der Waals surface area contributed by atoms with Crippen molar-refractivity contribution in [1.82, 2.24) is 0 Å². The van der Waals surface area contributed by atoms with Crippen molar-refractivity contribution in [2.45, 2.75) is 70.5 Å². The number of ketones is 2. The highest BCUT2D eigenvalue weighted by molar-refractivity contribution is 5.92. The molecule has 3 saturated carbocycles. The summed E-state index contributed by atoms with van der Waals surface area (Å²) in [5.41, 5.74) is 3.78. The molecule has 7 atom stereocenters. The first kappa shape index (κ1) is 21.7. The van der Waals surface area contributed by atoms with Crippen molar-refractivity contribution in [2.75, 3.05) is 13.2 Å². The minimum Gasteiger partial charge on any atom is -0.457 e. The van der Waals surface area contributed by atoms with Crippen LogP contribution in [-0.4, -0.2) is 52.6 Å². The molecule has 0 heterocycles. The molecule has 3 fully saturated rings. The molecule has 166 valence electrons. The van der Waals surface area contributed by atoms with E-state index in [9.17, 15) is 24.6 Å². The molecule has 0 aromatic heterocycles. The Kier molecular flexibility index (Phi) is 5.23. The Balaban J connectivity index is 1.62. The average molecular weight is 420 g/mol. The fraction of sp³-hybridized carbons (Fsp3) is 0.783. The zero-order valence-electron chi connectivity index (χ0n) is 17.9. The van der Waals surface area contributed by atoms with Gasteiger partial charge in [0.1, 0.15) is 5.60 Å². The molecule has 0 radical (unpaired) electrons. The molecule has 4 N–H and O–H groups in total. The maximum atomic E-state index is 12.9. The SMILES string of the molecule is C[C@]12C[C@@H](O)[C@@H]3[C@H](CCC4=CC(=O)CC[C@]43C)[C@@H]1CC[C@@]2(O)C(=O)COC(=O)CN. The van der Waals surface area contributed by atoms with E-state index in [4.69, 9.17) is 10.5 Å². The lowest BCUT2D eigenvalue weighted by molar-refractivity contribution is -0.184. The van der Waals surface area contributed by atoms with Gasteiger partial charge in [0.2, 0.25) is 5.78 Å². The number of nitrogens with two attached hydrogens (primary N) is 1. The lowest BCUT2D eigenvalue weighted by Gasteiger charge is -2.60. The summed E-state index contributed by atoms with van der Waals surface area (Å²) < 4.78 is 4.91. The molecule has 7 nitrogen and oxygen atoms in total. The molecular weight excluding hydrogens is 386 g/mol. The summed E-state index contributed by atoms with van der Waals surface area (Å²) >= 11 is 0. The van der Waals surface area contributed by atoms with Gasteiger partial charge in [-0.1, -0.05) is 19.4 Å². The van der Waals surface area contributed by atoms with Crippen LogP contribution in [0, 0.1) is 28.6 Å². The molecule has 0 spiro atoms. The Hall–Kier alpha value is -1.57. The maximum absolute atomic E-state index is 12.9. The van der Waals surface area contributed by atoms with Crippen molar-refractivity contribution >= 4 is 17.5 Å². The third-order valence-corrected chi connectivity index (χ3v) is 9.04. The first-order valence-corrected chi connectivity index (χ1v) is 11.1. The van der Waals surface area contributed by atoms with Gasteiger partial charge in [0, 0.05) is 11.8 Å². The Morgan fingerprint density at radius 1 is 1.23 bits per heavy atom. The number of allylic oxidation sites excluding steroid dienone is 1. The van der Waals surface area contributed by atoms with E-state index in [0.29, 0.717) is 25.7 Å². The summed E-state index contributed by atoms with van der Waals surface area (Å²) in [6, 6.07) is 0. The number of hydrogen-bond acceptors (Lipinski definition) is 7. The highest BCUT2D eigenvalue weighted by Crippen LogP contribution is 2.67. The van der Waals surface area contributed by atoms with Gasteiger partial charge in [0.25, 0.3) is 0 Å². The first-order valence-electron chi connectivity index (χ1n) is 11.1. The van der Waals surface area contributed by atoms with Gasteiger partial charge in [0.15, 0.2) is 12.4 Å². The largest absolute Gasteiger partial charge is 0.457 e. The Morgan fingerprint density at radius 2 is 1.97 bits per heavy atom. The normalized spacial score (nSPS) is 45.1. The van der Waals surface area contributed by atoms with Crippen LogP contribution < -0.4 is 5.73 Å². The molecular formula is C23H33NO6. The third-order valence-electron chi connectivity index (χ3n) is 9.04. The van der Waals surface area contributed by atoms with Crippen molar-refractivity contribution in [3.8, 4) is 0 Å². The number of Topliss-reactive ketones (excluding diaryl/α,β-unsaturated/α-hetero) is 1. The molecule has 4 aliphatic carbocycles. The highest BCUT2D eigenvalue weighted by Gasteiger charge is 2.68. The zero-order chi connectivity index (χ0) is 21.9. The van der Waals surface area contributed by atoms with E-state index in [1.165, 1.54) is 0 Å². The third kappa shape index (κ3) is 2.93. The number of carbonyl (C=O) groups is 3. The Labute approximate surface area is 177 Å². The van der Waals surface area contributed by atoms with Gasteiger partial charge >= 0.3 is 5.97 Å². The highest BCUT2D eigenvalue weighted by atomic mass is 16.5. The molecule has 4 aliphatic rings. The smallest absolute Gasteiger partial charge is 0.320 e. The second kappa shape index (κ2) is 7.24. The summed E-state index contributed by atoms with van der Waals surface area (Å²) in [6.45, 7) is 3.27. The van der Waals surface area contributed by atoms with E-state index in [2.05, 4.69) is 6.92 Å². The van der Waals surface area contributed by atoms with E-state index in [-0.39, 0.29) is 35.5 Å². The maximum Gasteiger partial charge on any atom is 0.320 e. The number of esters is 1. The van der Waals surface area contributed by atoms with E-state index in [0.717, 1.165) is 24.8 Å². The number of fused-ring (bicyclic) bond motifs is 5. The van der Waals surface area contributed by atoms with Crippen molar-refractivity contribution in [3.63, 3.8) is 0 Å². The second-order valence-corrected chi connectivity index (χ2v) is 10.3. The fourth-order valence-electron chi connectivity index (χ4n) is 7.47. The molecule has 7 heteroatoms. The zero-order valence-corrected chi connectivity index (χ0v) is 17.9. The van der Waals surface area contributed by atoms with Gasteiger partial charge in [-0.05, 0) is 67.8 Å². The predicted molar refractivity (Wildman–Crippen MR) is 108 cm³/mol. The lowest BCUT2D eigenvalue weighted by Crippen LogP contribution is -2.62. The molecule has 0 aromatic rings. The van der Waals surface area contributed by atoms with Gasteiger partial charge < -0.3 is 20.7 Å². The standard InChI is InChI=1S/C23H33NO6/c1-21-7-5-14(25)9-13(21)3-4-15-16-6-8-23(29,18(27)12-30-19(28)11-24)22(16,2)10-17(26)20(15)21/h9,15-17,20,26,29H,3-8,10-12,24H2,1-2H3/t15-,16+,17-,20+,21-,22+,23-/m1/s1. The van der Waals surface area contributed by atoms with Crippen molar-refractivity contribution in [1.29, 1.82) is 0 Å². The Bertz CT molecular complexity index is 808. The summed E-state index contributed by atoms with van der Waals surface area (Å²) in [7, 11) is 0. The summed E-state index contributed by atoms with van der Waals surface area (Å²) in [5.74, 6) is -0.712. The summed E-state index contributed by atoms with van der Waals surface area (Å²) in [5, 5.41) is 22.8. The number of carbonyl (C=O) groups excluding carboxylic acids is 3. The molecule has 0 amide bonds. The summed E-state index contributed by atoms with van der Waals surface area (Å²) in [4.78, 5) is 36.3. The Morgan fingerprint density at radius 3 is 2.67 bits per heavy atom.